The number of amides is 1. The van der Waals surface area contributed by atoms with Gasteiger partial charge in [0, 0.05) is 23.1 Å². The molecular weight excluding hydrogens is 485 g/mol. The van der Waals surface area contributed by atoms with Crippen LogP contribution in [0.5, 0.6) is 0 Å². The fraction of sp³-hybridized carbons (Fsp3) is 0.174. The lowest BCUT2D eigenvalue weighted by Crippen LogP contribution is -2.36. The summed E-state index contributed by atoms with van der Waals surface area (Å²) in [6.07, 6.45) is -2.81. The Labute approximate surface area is 189 Å². The summed E-state index contributed by atoms with van der Waals surface area (Å²) in [4.78, 5) is 19.3. The first-order valence-corrected chi connectivity index (χ1v) is 10.7. The van der Waals surface area contributed by atoms with E-state index in [0.29, 0.717) is 29.6 Å². The van der Waals surface area contributed by atoms with Crippen molar-refractivity contribution in [1.29, 1.82) is 0 Å². The fourth-order valence-electron chi connectivity index (χ4n) is 3.92. The monoisotopic (exact) mass is 500 g/mol. The van der Waals surface area contributed by atoms with E-state index in [2.05, 4.69) is 26.0 Å². The number of benzene rings is 2. The largest absolute Gasteiger partial charge is 0.433 e. The quantitative estimate of drug-likeness (QED) is 0.371. The van der Waals surface area contributed by atoms with Crippen molar-refractivity contribution >= 4 is 27.5 Å². The molecule has 2 aromatic carbocycles. The van der Waals surface area contributed by atoms with Crippen LogP contribution in [0.1, 0.15) is 27.2 Å². The highest BCUT2D eigenvalue weighted by Gasteiger charge is 2.36. The van der Waals surface area contributed by atoms with Gasteiger partial charge in [-0.3, -0.25) is 4.79 Å². The zero-order chi connectivity index (χ0) is 22.5. The summed E-state index contributed by atoms with van der Waals surface area (Å²) >= 11 is 3.32. The Morgan fingerprint density at radius 1 is 1.03 bits per heavy atom. The van der Waals surface area contributed by atoms with Gasteiger partial charge in [0.15, 0.2) is 11.3 Å². The van der Waals surface area contributed by atoms with E-state index >= 15 is 0 Å². The highest BCUT2D eigenvalue weighted by atomic mass is 79.9. The van der Waals surface area contributed by atoms with Gasteiger partial charge in [-0.2, -0.15) is 18.3 Å². The van der Waals surface area contributed by atoms with Gasteiger partial charge in [-0.1, -0.05) is 52.3 Å². The predicted molar refractivity (Wildman–Crippen MR) is 116 cm³/mol. The van der Waals surface area contributed by atoms with E-state index < -0.39 is 11.9 Å². The maximum atomic E-state index is 13.8. The fourth-order valence-corrected chi connectivity index (χ4v) is 4.19. The van der Waals surface area contributed by atoms with Crippen LogP contribution in [0.25, 0.3) is 16.9 Å². The highest BCUT2D eigenvalue weighted by molar-refractivity contribution is 9.10. The van der Waals surface area contributed by atoms with Gasteiger partial charge >= 0.3 is 6.18 Å². The van der Waals surface area contributed by atoms with Gasteiger partial charge in [0.2, 0.25) is 0 Å². The van der Waals surface area contributed by atoms with Crippen molar-refractivity contribution in [3.63, 3.8) is 0 Å². The average molecular weight is 501 g/mol. The smallest absolute Gasteiger partial charge is 0.334 e. The molecule has 2 aromatic heterocycles. The van der Waals surface area contributed by atoms with Crippen LogP contribution in [0.2, 0.25) is 0 Å². The third-order valence-electron chi connectivity index (χ3n) is 5.55. The van der Waals surface area contributed by atoms with Crippen LogP contribution in [0.3, 0.4) is 0 Å². The Morgan fingerprint density at radius 3 is 2.47 bits per heavy atom. The Morgan fingerprint density at radius 2 is 1.75 bits per heavy atom. The number of halogens is 4. The van der Waals surface area contributed by atoms with E-state index in [1.165, 1.54) is 11.8 Å². The second-order valence-corrected chi connectivity index (χ2v) is 8.49. The molecule has 0 aliphatic carbocycles. The Hall–Kier alpha value is -3.20. The zero-order valence-corrected chi connectivity index (χ0v) is 18.2. The van der Waals surface area contributed by atoms with Crippen molar-refractivity contribution in [2.75, 3.05) is 6.54 Å². The Bertz CT molecular complexity index is 1330. The Kier molecular flexibility index (Phi) is 5.00. The first-order valence-electron chi connectivity index (χ1n) is 9.89. The van der Waals surface area contributed by atoms with Crippen LogP contribution in [-0.4, -0.2) is 31.9 Å². The molecule has 0 unspecified atom stereocenters. The van der Waals surface area contributed by atoms with Gasteiger partial charge in [-0.25, -0.2) is 9.50 Å². The van der Waals surface area contributed by atoms with Gasteiger partial charge in [0.25, 0.3) is 5.91 Å². The van der Waals surface area contributed by atoms with Crippen molar-refractivity contribution in [2.45, 2.75) is 19.1 Å². The second-order valence-electron chi connectivity index (χ2n) is 7.57. The number of aromatic nitrogens is 3. The lowest BCUT2D eigenvalue weighted by atomic mass is 9.99. The zero-order valence-electron chi connectivity index (χ0n) is 16.6. The molecule has 0 fully saturated rings. The molecule has 3 heterocycles. The van der Waals surface area contributed by atoms with Crippen LogP contribution in [0, 0.1) is 0 Å². The van der Waals surface area contributed by atoms with Crippen molar-refractivity contribution < 1.29 is 18.0 Å². The molecule has 1 aliphatic rings. The maximum Gasteiger partial charge on any atom is 0.433 e. The van der Waals surface area contributed by atoms with Gasteiger partial charge < -0.3 is 4.90 Å². The molecule has 0 radical (unpaired) electrons. The van der Waals surface area contributed by atoms with E-state index in [-0.39, 0.29) is 22.8 Å². The molecule has 0 atom stereocenters. The van der Waals surface area contributed by atoms with Crippen molar-refractivity contribution in [2.24, 2.45) is 0 Å². The summed E-state index contributed by atoms with van der Waals surface area (Å²) in [5.74, 6) is -0.386. The number of hydrogen-bond acceptors (Lipinski definition) is 3. The lowest BCUT2D eigenvalue weighted by Gasteiger charge is -2.28. The minimum absolute atomic E-state index is 0.0499. The number of carbonyl (C=O) groups is 1. The predicted octanol–water partition coefficient (Wildman–Crippen LogP) is 5.38. The molecule has 1 aliphatic heterocycles. The summed E-state index contributed by atoms with van der Waals surface area (Å²) in [5, 5.41) is 3.87. The van der Waals surface area contributed by atoms with Crippen molar-refractivity contribution in [3.8, 4) is 11.3 Å². The van der Waals surface area contributed by atoms with Crippen LogP contribution >= 0.6 is 15.9 Å². The molecular formula is C23H16BrF3N4O. The first-order chi connectivity index (χ1) is 15.3. The minimum Gasteiger partial charge on any atom is -0.334 e. The summed E-state index contributed by atoms with van der Waals surface area (Å²) in [5.41, 5.74) is 1.79. The maximum absolute atomic E-state index is 13.8. The number of carbonyl (C=O) groups excluding carboxylic acids is 1. The first kappa shape index (κ1) is 20.7. The lowest BCUT2D eigenvalue weighted by molar-refractivity contribution is -0.142. The molecule has 5 nitrogen and oxygen atoms in total. The molecule has 0 bridgehead atoms. The van der Waals surface area contributed by atoms with E-state index in [0.717, 1.165) is 16.1 Å². The molecule has 0 saturated heterocycles. The topological polar surface area (TPSA) is 50.5 Å². The van der Waals surface area contributed by atoms with E-state index in [1.807, 2.05) is 24.3 Å². The molecule has 162 valence electrons. The molecule has 4 aromatic rings. The second kappa shape index (κ2) is 7.74. The standard InChI is InChI=1S/C23H16BrF3N4O/c24-17-7-5-15(6-8-17)19-11-20(23(25,26)27)31-21(29-19)18(12-28-31)22(32)30-10-9-14-3-1-2-4-16(14)13-30/h1-8,11-12H,9-10,13H2. The minimum atomic E-state index is -4.66. The van der Waals surface area contributed by atoms with Crippen LogP contribution in [-0.2, 0) is 19.1 Å². The molecule has 0 spiro atoms. The molecule has 0 saturated carbocycles. The van der Waals surface area contributed by atoms with Gasteiger partial charge in [-0.15, -0.1) is 0 Å². The van der Waals surface area contributed by atoms with E-state index in [1.54, 1.807) is 29.2 Å². The summed E-state index contributed by atoms with van der Waals surface area (Å²) < 4.78 is 42.9. The molecule has 0 N–H and O–H groups in total. The normalized spacial score (nSPS) is 13.9. The summed E-state index contributed by atoms with van der Waals surface area (Å²) in [6.45, 7) is 0.872. The molecule has 9 heteroatoms. The molecule has 1 amide bonds. The average Bonchev–Trinajstić information content (AvgIpc) is 3.21. The molecule has 32 heavy (non-hydrogen) atoms. The summed E-state index contributed by atoms with van der Waals surface area (Å²) in [6, 6.07) is 15.6. The number of alkyl halides is 3. The third-order valence-corrected chi connectivity index (χ3v) is 6.08. The number of hydrogen-bond donors (Lipinski definition) is 0. The van der Waals surface area contributed by atoms with Crippen LogP contribution < -0.4 is 0 Å². The summed E-state index contributed by atoms with van der Waals surface area (Å²) in [7, 11) is 0. The van der Waals surface area contributed by atoms with Crippen LogP contribution in [0.15, 0.2) is 65.3 Å². The number of fused-ring (bicyclic) bond motifs is 2. The van der Waals surface area contributed by atoms with Gasteiger partial charge in [0.05, 0.1) is 11.9 Å². The number of rotatable bonds is 2. The Balaban J connectivity index is 1.60. The molecule has 5 rings (SSSR count). The van der Waals surface area contributed by atoms with Gasteiger partial charge in [-0.05, 0) is 35.7 Å². The van der Waals surface area contributed by atoms with Crippen molar-refractivity contribution in [3.05, 3.63) is 87.7 Å². The SMILES string of the molecule is O=C(c1cnn2c(C(F)(F)F)cc(-c3ccc(Br)cc3)nc12)N1CCc2ccccc2C1. The van der Waals surface area contributed by atoms with Crippen LogP contribution in [0.4, 0.5) is 13.2 Å². The van der Waals surface area contributed by atoms with Gasteiger partial charge in [0.1, 0.15) is 5.56 Å². The van der Waals surface area contributed by atoms with E-state index in [4.69, 9.17) is 0 Å². The number of nitrogens with zero attached hydrogens (tertiary/aromatic N) is 4. The third kappa shape index (κ3) is 3.66. The van der Waals surface area contributed by atoms with E-state index in [9.17, 15) is 18.0 Å². The van der Waals surface area contributed by atoms with Crippen molar-refractivity contribution in [1.82, 2.24) is 19.5 Å². The highest BCUT2D eigenvalue weighted by Crippen LogP contribution is 2.33.